The van der Waals surface area contributed by atoms with Crippen LogP contribution < -0.4 is 14.8 Å². The van der Waals surface area contributed by atoms with E-state index in [1.54, 1.807) is 7.11 Å². The zero-order chi connectivity index (χ0) is 15.2. The summed E-state index contributed by atoms with van der Waals surface area (Å²) >= 11 is 0. The largest absolute Gasteiger partial charge is 0.497 e. The SMILES string of the molecule is CCNCc1ccc(OC)cc1OCc1cc(C)nn1C. The van der Waals surface area contributed by atoms with Crippen LogP contribution in [0.25, 0.3) is 0 Å². The molecule has 5 heteroatoms. The van der Waals surface area contributed by atoms with Crippen molar-refractivity contribution in [2.75, 3.05) is 13.7 Å². The molecule has 1 N–H and O–H groups in total. The fourth-order valence-corrected chi connectivity index (χ4v) is 2.15. The van der Waals surface area contributed by atoms with Crippen molar-refractivity contribution >= 4 is 0 Å². The lowest BCUT2D eigenvalue weighted by atomic mass is 10.2. The van der Waals surface area contributed by atoms with Gasteiger partial charge in [-0.25, -0.2) is 0 Å². The second kappa shape index (κ2) is 7.13. The van der Waals surface area contributed by atoms with Crippen LogP contribution in [-0.4, -0.2) is 23.4 Å². The molecule has 0 fully saturated rings. The molecule has 0 unspecified atom stereocenters. The van der Waals surface area contributed by atoms with Crippen molar-refractivity contribution in [1.29, 1.82) is 0 Å². The van der Waals surface area contributed by atoms with Crippen molar-refractivity contribution in [3.05, 3.63) is 41.2 Å². The lowest BCUT2D eigenvalue weighted by Crippen LogP contribution is -2.13. The summed E-state index contributed by atoms with van der Waals surface area (Å²) in [4.78, 5) is 0. The van der Waals surface area contributed by atoms with E-state index in [1.165, 1.54) is 0 Å². The fourth-order valence-electron chi connectivity index (χ4n) is 2.15. The monoisotopic (exact) mass is 289 g/mol. The Hall–Kier alpha value is -2.01. The number of aromatic nitrogens is 2. The molecule has 2 rings (SSSR count). The molecular formula is C16H23N3O2. The summed E-state index contributed by atoms with van der Waals surface area (Å²) in [5, 5.41) is 7.65. The highest BCUT2D eigenvalue weighted by Crippen LogP contribution is 2.25. The first kappa shape index (κ1) is 15.4. The average Bonchev–Trinajstić information content (AvgIpc) is 2.81. The molecule has 1 aromatic carbocycles. The lowest BCUT2D eigenvalue weighted by Gasteiger charge is -2.13. The van der Waals surface area contributed by atoms with E-state index in [1.807, 2.05) is 42.9 Å². The summed E-state index contributed by atoms with van der Waals surface area (Å²) < 4.78 is 13.1. The normalized spacial score (nSPS) is 10.7. The van der Waals surface area contributed by atoms with Gasteiger partial charge in [0, 0.05) is 25.2 Å². The van der Waals surface area contributed by atoms with Gasteiger partial charge in [-0.1, -0.05) is 13.0 Å². The standard InChI is InChI=1S/C16H23N3O2/c1-5-17-10-13-6-7-15(20-4)9-16(13)21-11-14-8-12(2)18-19(14)3/h6-9,17H,5,10-11H2,1-4H3. The van der Waals surface area contributed by atoms with Gasteiger partial charge in [0.05, 0.1) is 18.5 Å². The van der Waals surface area contributed by atoms with Crippen LogP contribution in [0.5, 0.6) is 11.5 Å². The molecule has 1 aromatic heterocycles. The van der Waals surface area contributed by atoms with Crippen molar-refractivity contribution < 1.29 is 9.47 Å². The predicted octanol–water partition coefficient (Wildman–Crippen LogP) is 2.43. The van der Waals surface area contributed by atoms with E-state index in [4.69, 9.17) is 9.47 Å². The van der Waals surface area contributed by atoms with Crippen LogP contribution in [0.2, 0.25) is 0 Å². The summed E-state index contributed by atoms with van der Waals surface area (Å²) in [6.45, 7) is 6.25. The van der Waals surface area contributed by atoms with E-state index in [0.29, 0.717) is 6.61 Å². The number of hydrogen-bond donors (Lipinski definition) is 1. The zero-order valence-electron chi connectivity index (χ0n) is 13.1. The van der Waals surface area contributed by atoms with Gasteiger partial charge in [0.1, 0.15) is 18.1 Å². The summed E-state index contributed by atoms with van der Waals surface area (Å²) in [6.07, 6.45) is 0. The zero-order valence-corrected chi connectivity index (χ0v) is 13.1. The Morgan fingerprint density at radius 1 is 1.29 bits per heavy atom. The highest BCUT2D eigenvalue weighted by atomic mass is 16.5. The molecule has 0 atom stereocenters. The van der Waals surface area contributed by atoms with Gasteiger partial charge in [-0.2, -0.15) is 5.10 Å². The smallest absolute Gasteiger partial charge is 0.130 e. The van der Waals surface area contributed by atoms with Gasteiger partial charge in [-0.15, -0.1) is 0 Å². The Balaban J connectivity index is 2.14. The molecule has 0 bridgehead atoms. The van der Waals surface area contributed by atoms with E-state index in [0.717, 1.165) is 41.5 Å². The minimum atomic E-state index is 0.490. The summed E-state index contributed by atoms with van der Waals surface area (Å²) in [5.41, 5.74) is 3.16. The Morgan fingerprint density at radius 3 is 2.71 bits per heavy atom. The van der Waals surface area contributed by atoms with Crippen LogP contribution in [0.15, 0.2) is 24.3 Å². The minimum absolute atomic E-state index is 0.490. The Kier molecular flexibility index (Phi) is 5.22. The van der Waals surface area contributed by atoms with Gasteiger partial charge >= 0.3 is 0 Å². The maximum atomic E-state index is 5.98. The number of benzene rings is 1. The van der Waals surface area contributed by atoms with Gasteiger partial charge in [0.15, 0.2) is 0 Å². The number of aryl methyl sites for hydroxylation is 2. The number of nitrogens with zero attached hydrogens (tertiary/aromatic N) is 2. The van der Waals surface area contributed by atoms with Gasteiger partial charge in [-0.3, -0.25) is 4.68 Å². The van der Waals surface area contributed by atoms with E-state index in [2.05, 4.69) is 17.3 Å². The third-order valence-electron chi connectivity index (χ3n) is 3.31. The molecule has 2 aromatic rings. The molecule has 0 aliphatic carbocycles. The Bertz CT molecular complexity index is 593. The van der Waals surface area contributed by atoms with Crippen molar-refractivity contribution in [2.24, 2.45) is 7.05 Å². The second-order valence-electron chi connectivity index (χ2n) is 4.94. The van der Waals surface area contributed by atoms with Crippen LogP contribution in [0.4, 0.5) is 0 Å². The number of hydrogen-bond acceptors (Lipinski definition) is 4. The molecule has 0 radical (unpaired) electrons. The maximum Gasteiger partial charge on any atom is 0.130 e. The van der Waals surface area contributed by atoms with Gasteiger partial charge < -0.3 is 14.8 Å². The van der Waals surface area contributed by atoms with E-state index >= 15 is 0 Å². The molecule has 0 amide bonds. The van der Waals surface area contributed by atoms with Crippen molar-refractivity contribution in [1.82, 2.24) is 15.1 Å². The second-order valence-corrected chi connectivity index (χ2v) is 4.94. The van der Waals surface area contributed by atoms with E-state index in [9.17, 15) is 0 Å². The Labute approximate surface area is 125 Å². The molecule has 0 spiro atoms. The van der Waals surface area contributed by atoms with Gasteiger partial charge in [-0.05, 0) is 25.6 Å². The number of methoxy groups -OCH3 is 1. The molecule has 21 heavy (non-hydrogen) atoms. The molecule has 0 saturated carbocycles. The van der Waals surface area contributed by atoms with Crippen molar-refractivity contribution in [3.8, 4) is 11.5 Å². The summed E-state index contributed by atoms with van der Waals surface area (Å²) in [6, 6.07) is 7.94. The Morgan fingerprint density at radius 2 is 2.10 bits per heavy atom. The number of nitrogens with one attached hydrogen (secondary N) is 1. The first-order chi connectivity index (χ1) is 10.1. The van der Waals surface area contributed by atoms with E-state index in [-0.39, 0.29) is 0 Å². The van der Waals surface area contributed by atoms with Crippen LogP contribution in [0.1, 0.15) is 23.9 Å². The van der Waals surface area contributed by atoms with Crippen LogP contribution in [-0.2, 0) is 20.2 Å². The van der Waals surface area contributed by atoms with Gasteiger partial charge in [0.2, 0.25) is 0 Å². The van der Waals surface area contributed by atoms with Crippen LogP contribution in [0.3, 0.4) is 0 Å². The highest BCUT2D eigenvalue weighted by Gasteiger charge is 2.08. The number of ether oxygens (including phenoxy) is 2. The van der Waals surface area contributed by atoms with Crippen molar-refractivity contribution in [3.63, 3.8) is 0 Å². The molecule has 0 aliphatic rings. The first-order valence-corrected chi connectivity index (χ1v) is 7.14. The molecular weight excluding hydrogens is 266 g/mol. The number of rotatable bonds is 7. The third-order valence-corrected chi connectivity index (χ3v) is 3.31. The van der Waals surface area contributed by atoms with E-state index < -0.39 is 0 Å². The molecule has 0 aliphatic heterocycles. The fraction of sp³-hybridized carbons (Fsp3) is 0.438. The quantitative estimate of drug-likeness (QED) is 0.850. The molecule has 114 valence electrons. The van der Waals surface area contributed by atoms with Crippen molar-refractivity contribution in [2.45, 2.75) is 27.0 Å². The topological polar surface area (TPSA) is 48.3 Å². The lowest BCUT2D eigenvalue weighted by molar-refractivity contribution is 0.289. The summed E-state index contributed by atoms with van der Waals surface area (Å²) in [7, 11) is 3.59. The molecule has 1 heterocycles. The highest BCUT2D eigenvalue weighted by molar-refractivity contribution is 5.40. The summed E-state index contributed by atoms with van der Waals surface area (Å²) in [5.74, 6) is 1.64. The van der Waals surface area contributed by atoms with Gasteiger partial charge in [0.25, 0.3) is 0 Å². The average molecular weight is 289 g/mol. The molecule has 5 nitrogen and oxygen atoms in total. The maximum absolute atomic E-state index is 5.98. The van der Waals surface area contributed by atoms with Crippen LogP contribution in [0, 0.1) is 6.92 Å². The third kappa shape index (κ3) is 3.98. The predicted molar refractivity (Wildman–Crippen MR) is 82.7 cm³/mol. The minimum Gasteiger partial charge on any atom is -0.497 e. The first-order valence-electron chi connectivity index (χ1n) is 7.14. The molecule has 0 saturated heterocycles. The van der Waals surface area contributed by atoms with Crippen LogP contribution >= 0.6 is 0 Å².